The zero-order valence-electron chi connectivity index (χ0n) is 32.0. The molecular formula is C57H38. The largest absolute Gasteiger partial charge is 0.0616 e. The van der Waals surface area contributed by atoms with Crippen molar-refractivity contribution in [3.8, 4) is 44.5 Å². The minimum absolute atomic E-state index is 0.169. The van der Waals surface area contributed by atoms with Crippen LogP contribution in [0.3, 0.4) is 0 Å². The van der Waals surface area contributed by atoms with Crippen LogP contribution in [-0.2, 0) is 5.41 Å². The maximum Gasteiger partial charge on any atom is 0.0171 e. The SMILES string of the molecule is CC1(C)c2c(cc(-c3ccc(-c4c5ccccc5c(-c5ccc6ccccc6c5)c5ccccc45)cc3)c3ccccc23)-c2c1c1ccccc1c1ccccc21. The molecule has 0 aromatic heterocycles. The molecule has 1 aliphatic rings. The van der Waals surface area contributed by atoms with E-state index in [-0.39, 0.29) is 5.41 Å². The Labute approximate surface area is 332 Å². The fourth-order valence-electron chi connectivity index (χ4n) is 10.6. The Morgan fingerprint density at radius 1 is 0.263 bits per heavy atom. The number of hydrogen-bond donors (Lipinski definition) is 0. The number of hydrogen-bond acceptors (Lipinski definition) is 0. The summed E-state index contributed by atoms with van der Waals surface area (Å²) in [5, 5.41) is 15.6. The molecule has 1 aliphatic carbocycles. The fraction of sp³-hybridized carbons (Fsp3) is 0.0526. The summed E-state index contributed by atoms with van der Waals surface area (Å²) in [5.74, 6) is 0. The molecule has 0 fully saturated rings. The van der Waals surface area contributed by atoms with Crippen molar-refractivity contribution in [1.29, 1.82) is 0 Å². The number of benzene rings is 11. The van der Waals surface area contributed by atoms with Gasteiger partial charge in [0.05, 0.1) is 0 Å². The standard InChI is InChI=1S/C57H38/c1-57(2)55-48-25-13-7-19-42(48)50(34-51(55)54-43-20-8-5-17-40(43)41-18-6-14-26-49(41)56(54)57)36-28-30-37(31-29-36)52-44-21-9-11-23-46(44)53(47-24-12-10-22-45(47)52)39-32-27-35-15-3-4-16-38(35)33-39/h3-34H,1-2H3. The van der Waals surface area contributed by atoms with E-state index in [0.717, 1.165) is 0 Å². The van der Waals surface area contributed by atoms with Crippen LogP contribution in [0.25, 0.3) is 109 Å². The third-order valence-corrected chi connectivity index (χ3v) is 13.0. The van der Waals surface area contributed by atoms with Crippen LogP contribution < -0.4 is 0 Å². The lowest BCUT2D eigenvalue weighted by Gasteiger charge is -2.25. The fourth-order valence-corrected chi connectivity index (χ4v) is 10.6. The summed E-state index contributed by atoms with van der Waals surface area (Å²) in [6.45, 7) is 4.86. The molecule has 0 unspecified atom stereocenters. The normalized spacial score (nSPS) is 13.2. The minimum atomic E-state index is -0.169. The molecule has 0 bridgehead atoms. The molecule has 0 amide bonds. The molecule has 11 aromatic rings. The summed E-state index contributed by atoms with van der Waals surface area (Å²) >= 11 is 0. The monoisotopic (exact) mass is 722 g/mol. The van der Waals surface area contributed by atoms with E-state index in [2.05, 4.69) is 208 Å². The highest BCUT2D eigenvalue weighted by molar-refractivity contribution is 6.23. The maximum atomic E-state index is 2.50. The van der Waals surface area contributed by atoms with E-state index in [4.69, 9.17) is 0 Å². The Hall–Kier alpha value is -7.02. The number of fused-ring (bicyclic) bond motifs is 13. The molecular weight excluding hydrogens is 685 g/mol. The molecule has 0 heterocycles. The summed E-state index contributed by atoms with van der Waals surface area (Å²) in [6, 6.07) is 72.5. The summed E-state index contributed by atoms with van der Waals surface area (Å²) < 4.78 is 0. The first-order chi connectivity index (χ1) is 28.1. The maximum absolute atomic E-state index is 2.50. The minimum Gasteiger partial charge on any atom is -0.0616 e. The van der Waals surface area contributed by atoms with Crippen molar-refractivity contribution in [2.45, 2.75) is 19.3 Å². The van der Waals surface area contributed by atoms with Gasteiger partial charge < -0.3 is 0 Å². The van der Waals surface area contributed by atoms with Crippen molar-refractivity contribution >= 4 is 64.6 Å². The lowest BCUT2D eigenvalue weighted by molar-refractivity contribution is 0.672. The average molecular weight is 723 g/mol. The summed E-state index contributed by atoms with van der Waals surface area (Å²) in [5.41, 5.74) is 13.0. The molecule has 266 valence electrons. The van der Waals surface area contributed by atoms with Crippen LogP contribution in [0.5, 0.6) is 0 Å². The molecule has 0 heteroatoms. The molecule has 12 rings (SSSR count). The molecule has 0 saturated carbocycles. The van der Waals surface area contributed by atoms with Crippen LogP contribution in [0.4, 0.5) is 0 Å². The van der Waals surface area contributed by atoms with E-state index in [1.165, 1.54) is 120 Å². The Morgan fingerprint density at radius 3 is 1.26 bits per heavy atom. The lowest BCUT2D eigenvalue weighted by atomic mass is 9.77. The topological polar surface area (TPSA) is 0 Å². The molecule has 0 spiro atoms. The highest BCUT2D eigenvalue weighted by atomic mass is 14.4. The Kier molecular flexibility index (Phi) is 6.78. The molecule has 11 aromatic carbocycles. The van der Waals surface area contributed by atoms with Gasteiger partial charge in [0.1, 0.15) is 0 Å². The zero-order valence-corrected chi connectivity index (χ0v) is 32.0. The molecule has 0 nitrogen and oxygen atoms in total. The van der Waals surface area contributed by atoms with Crippen molar-refractivity contribution in [2.75, 3.05) is 0 Å². The zero-order chi connectivity index (χ0) is 37.8. The van der Waals surface area contributed by atoms with Gasteiger partial charge in [-0.05, 0) is 132 Å². The molecule has 0 saturated heterocycles. The second-order valence-corrected chi connectivity index (χ2v) is 16.3. The van der Waals surface area contributed by atoms with Crippen LogP contribution >= 0.6 is 0 Å². The van der Waals surface area contributed by atoms with Gasteiger partial charge >= 0.3 is 0 Å². The van der Waals surface area contributed by atoms with Gasteiger partial charge in [-0.1, -0.05) is 196 Å². The van der Waals surface area contributed by atoms with E-state index in [9.17, 15) is 0 Å². The van der Waals surface area contributed by atoms with E-state index in [1.54, 1.807) is 0 Å². The van der Waals surface area contributed by atoms with Gasteiger partial charge in [0, 0.05) is 5.41 Å². The summed E-state index contributed by atoms with van der Waals surface area (Å²) in [4.78, 5) is 0. The quantitative estimate of drug-likeness (QED) is 0.126. The van der Waals surface area contributed by atoms with Crippen LogP contribution in [0.15, 0.2) is 194 Å². The van der Waals surface area contributed by atoms with E-state index in [0.29, 0.717) is 0 Å². The van der Waals surface area contributed by atoms with E-state index in [1.807, 2.05) is 0 Å². The molecule has 0 N–H and O–H groups in total. The second kappa shape index (κ2) is 12.0. The average Bonchev–Trinajstić information content (AvgIpc) is 3.51. The molecule has 57 heavy (non-hydrogen) atoms. The predicted molar refractivity (Wildman–Crippen MR) is 245 cm³/mol. The third kappa shape index (κ3) is 4.56. The third-order valence-electron chi connectivity index (χ3n) is 13.0. The van der Waals surface area contributed by atoms with Crippen LogP contribution in [0.1, 0.15) is 25.0 Å². The van der Waals surface area contributed by atoms with Gasteiger partial charge in [0.15, 0.2) is 0 Å². The number of rotatable bonds is 3. The molecule has 0 radical (unpaired) electrons. The van der Waals surface area contributed by atoms with Gasteiger partial charge in [-0.25, -0.2) is 0 Å². The van der Waals surface area contributed by atoms with Gasteiger partial charge in [-0.15, -0.1) is 0 Å². The first-order valence-electron chi connectivity index (χ1n) is 20.1. The van der Waals surface area contributed by atoms with Crippen LogP contribution in [-0.4, -0.2) is 0 Å². The van der Waals surface area contributed by atoms with Gasteiger partial charge in [-0.3, -0.25) is 0 Å². The van der Waals surface area contributed by atoms with Crippen LogP contribution in [0, 0.1) is 0 Å². The first-order valence-corrected chi connectivity index (χ1v) is 20.1. The predicted octanol–water partition coefficient (Wildman–Crippen LogP) is 15.9. The highest BCUT2D eigenvalue weighted by Crippen LogP contribution is 2.57. The van der Waals surface area contributed by atoms with Crippen molar-refractivity contribution < 1.29 is 0 Å². The smallest absolute Gasteiger partial charge is 0.0171 e. The van der Waals surface area contributed by atoms with E-state index < -0.39 is 0 Å². The van der Waals surface area contributed by atoms with Gasteiger partial charge in [0.2, 0.25) is 0 Å². The van der Waals surface area contributed by atoms with Crippen molar-refractivity contribution in [3.63, 3.8) is 0 Å². The highest BCUT2D eigenvalue weighted by Gasteiger charge is 2.40. The van der Waals surface area contributed by atoms with Crippen molar-refractivity contribution in [2.24, 2.45) is 0 Å². The van der Waals surface area contributed by atoms with Crippen molar-refractivity contribution in [1.82, 2.24) is 0 Å². The van der Waals surface area contributed by atoms with Crippen LogP contribution in [0.2, 0.25) is 0 Å². The Bertz CT molecular complexity index is 3410. The van der Waals surface area contributed by atoms with E-state index >= 15 is 0 Å². The molecule has 0 aliphatic heterocycles. The molecule has 0 atom stereocenters. The van der Waals surface area contributed by atoms with Crippen molar-refractivity contribution in [3.05, 3.63) is 205 Å². The summed E-state index contributed by atoms with van der Waals surface area (Å²) in [7, 11) is 0. The van der Waals surface area contributed by atoms with Gasteiger partial charge in [0.25, 0.3) is 0 Å². The lowest BCUT2D eigenvalue weighted by Crippen LogP contribution is -2.16. The second-order valence-electron chi connectivity index (χ2n) is 16.3. The Morgan fingerprint density at radius 2 is 0.667 bits per heavy atom. The Balaban J connectivity index is 1.07. The summed E-state index contributed by atoms with van der Waals surface area (Å²) in [6.07, 6.45) is 0. The first kappa shape index (κ1) is 32.2. The van der Waals surface area contributed by atoms with Gasteiger partial charge in [-0.2, -0.15) is 0 Å².